The molecule has 6 nitrogen and oxygen atoms in total. The molecule has 0 aliphatic carbocycles. The van der Waals surface area contributed by atoms with Crippen LogP contribution in [0.4, 0.5) is 11.5 Å². The third-order valence-corrected chi connectivity index (χ3v) is 5.11. The number of aromatic nitrogens is 2. The van der Waals surface area contributed by atoms with Crippen molar-refractivity contribution in [2.24, 2.45) is 7.05 Å². The zero-order valence-corrected chi connectivity index (χ0v) is 16.1. The molecule has 0 spiro atoms. The van der Waals surface area contributed by atoms with Crippen molar-refractivity contribution in [3.63, 3.8) is 0 Å². The molecule has 1 aromatic carbocycles. The van der Waals surface area contributed by atoms with Crippen LogP contribution in [0, 0.1) is 6.92 Å². The lowest BCUT2D eigenvalue weighted by Crippen LogP contribution is -2.40. The van der Waals surface area contributed by atoms with E-state index in [0.717, 1.165) is 28.0 Å². The van der Waals surface area contributed by atoms with Crippen LogP contribution in [0.15, 0.2) is 36.7 Å². The van der Waals surface area contributed by atoms with Gasteiger partial charge < -0.3 is 19.5 Å². The lowest BCUT2D eigenvalue weighted by atomic mass is 10.1. The summed E-state index contributed by atoms with van der Waals surface area (Å²) in [6, 6.07) is 7.66. The predicted molar refractivity (Wildman–Crippen MR) is 107 cm³/mol. The molecular weight excluding hydrogens is 364 g/mol. The molecule has 2 aromatic heterocycles. The Labute approximate surface area is 162 Å². The van der Waals surface area contributed by atoms with Gasteiger partial charge in [-0.05, 0) is 36.8 Å². The van der Waals surface area contributed by atoms with Gasteiger partial charge in [-0.2, -0.15) is 0 Å². The van der Waals surface area contributed by atoms with Gasteiger partial charge in [0.05, 0.1) is 24.3 Å². The van der Waals surface area contributed by atoms with E-state index in [1.807, 2.05) is 53.9 Å². The highest BCUT2D eigenvalue weighted by Crippen LogP contribution is 2.30. The van der Waals surface area contributed by atoms with Gasteiger partial charge in [0.15, 0.2) is 0 Å². The van der Waals surface area contributed by atoms with Crippen LogP contribution >= 0.6 is 11.6 Å². The van der Waals surface area contributed by atoms with Gasteiger partial charge in [-0.3, -0.25) is 4.79 Å². The van der Waals surface area contributed by atoms with Crippen molar-refractivity contribution >= 4 is 39.9 Å². The molecule has 140 valence electrons. The zero-order valence-electron chi connectivity index (χ0n) is 15.3. The van der Waals surface area contributed by atoms with Crippen LogP contribution in [0.1, 0.15) is 15.9 Å². The summed E-state index contributed by atoms with van der Waals surface area (Å²) in [4.78, 5) is 19.4. The Kier molecular flexibility index (Phi) is 4.76. The normalized spacial score (nSPS) is 14.6. The maximum atomic E-state index is 13.0. The van der Waals surface area contributed by atoms with Crippen LogP contribution in [0.5, 0.6) is 0 Å². The van der Waals surface area contributed by atoms with Gasteiger partial charge in [-0.25, -0.2) is 4.98 Å². The predicted octanol–water partition coefficient (Wildman–Crippen LogP) is 3.75. The highest BCUT2D eigenvalue weighted by Gasteiger charge is 2.23. The Morgan fingerprint density at radius 3 is 2.78 bits per heavy atom. The number of ether oxygens (including phenoxy) is 1. The van der Waals surface area contributed by atoms with E-state index in [1.165, 1.54) is 0 Å². The van der Waals surface area contributed by atoms with Gasteiger partial charge in [-0.15, -0.1) is 0 Å². The molecule has 4 rings (SSSR count). The summed E-state index contributed by atoms with van der Waals surface area (Å²) in [7, 11) is 1.94. The Bertz CT molecular complexity index is 1010. The van der Waals surface area contributed by atoms with E-state index in [4.69, 9.17) is 16.3 Å². The monoisotopic (exact) mass is 384 g/mol. The van der Waals surface area contributed by atoms with E-state index in [0.29, 0.717) is 36.9 Å². The van der Waals surface area contributed by atoms with Crippen molar-refractivity contribution < 1.29 is 9.53 Å². The standard InChI is InChI=1S/C20H21ClN4O2/c1-13-11-14(21)3-4-17(13)23-19-15-5-6-24(2)18(15)16(12-22-19)20(26)25-7-9-27-10-8-25/h3-6,11-12H,7-10H2,1-2H3,(H,22,23). The number of fused-ring (bicyclic) bond motifs is 1. The average molecular weight is 385 g/mol. The highest BCUT2D eigenvalue weighted by molar-refractivity contribution is 6.30. The first kappa shape index (κ1) is 17.8. The highest BCUT2D eigenvalue weighted by atomic mass is 35.5. The summed E-state index contributed by atoms with van der Waals surface area (Å²) in [5.41, 5.74) is 3.44. The first-order chi connectivity index (χ1) is 13.0. The molecule has 3 aromatic rings. The fourth-order valence-corrected chi connectivity index (χ4v) is 3.63. The quantitative estimate of drug-likeness (QED) is 0.747. The molecule has 1 saturated heterocycles. The fourth-order valence-electron chi connectivity index (χ4n) is 3.40. The Morgan fingerprint density at radius 2 is 2.04 bits per heavy atom. The number of amides is 1. The Hall–Kier alpha value is -2.57. The molecule has 1 fully saturated rings. The van der Waals surface area contributed by atoms with E-state index in [-0.39, 0.29) is 5.91 Å². The number of pyridine rings is 1. The third kappa shape index (κ3) is 3.38. The van der Waals surface area contributed by atoms with Crippen molar-refractivity contribution in [2.45, 2.75) is 6.92 Å². The van der Waals surface area contributed by atoms with Crippen molar-refractivity contribution in [3.8, 4) is 0 Å². The average Bonchev–Trinajstić information content (AvgIpc) is 3.07. The molecule has 1 amide bonds. The van der Waals surface area contributed by atoms with Crippen molar-refractivity contribution in [2.75, 3.05) is 31.6 Å². The summed E-state index contributed by atoms with van der Waals surface area (Å²) >= 11 is 6.05. The molecule has 1 aliphatic heterocycles. The number of morpholine rings is 1. The van der Waals surface area contributed by atoms with E-state index >= 15 is 0 Å². The first-order valence-electron chi connectivity index (χ1n) is 8.89. The Balaban J connectivity index is 1.73. The zero-order chi connectivity index (χ0) is 19.0. The van der Waals surface area contributed by atoms with E-state index < -0.39 is 0 Å². The largest absolute Gasteiger partial charge is 0.378 e. The van der Waals surface area contributed by atoms with E-state index in [1.54, 1.807) is 6.20 Å². The third-order valence-electron chi connectivity index (χ3n) is 4.88. The van der Waals surface area contributed by atoms with Crippen LogP contribution in [0.25, 0.3) is 10.9 Å². The number of benzene rings is 1. The molecule has 0 saturated carbocycles. The maximum absolute atomic E-state index is 13.0. The molecule has 1 aliphatic rings. The minimum Gasteiger partial charge on any atom is -0.378 e. The van der Waals surface area contributed by atoms with Crippen LogP contribution in [-0.4, -0.2) is 46.7 Å². The maximum Gasteiger partial charge on any atom is 0.257 e. The van der Waals surface area contributed by atoms with Crippen LogP contribution in [-0.2, 0) is 11.8 Å². The van der Waals surface area contributed by atoms with E-state index in [2.05, 4.69) is 10.3 Å². The SMILES string of the molecule is Cc1cc(Cl)ccc1Nc1ncc(C(=O)N2CCOCC2)c2c1ccn2C. The molecule has 0 radical (unpaired) electrons. The number of rotatable bonds is 3. The summed E-state index contributed by atoms with van der Waals surface area (Å²) < 4.78 is 7.32. The van der Waals surface area contributed by atoms with Crippen LogP contribution in [0.2, 0.25) is 5.02 Å². The number of nitrogens with one attached hydrogen (secondary N) is 1. The molecule has 1 N–H and O–H groups in total. The number of hydrogen-bond acceptors (Lipinski definition) is 4. The molecule has 0 bridgehead atoms. The van der Waals surface area contributed by atoms with Crippen molar-refractivity contribution in [3.05, 3.63) is 52.8 Å². The molecule has 7 heteroatoms. The van der Waals surface area contributed by atoms with Gasteiger partial charge in [-0.1, -0.05) is 11.6 Å². The number of halogens is 1. The Morgan fingerprint density at radius 1 is 1.26 bits per heavy atom. The molecule has 0 atom stereocenters. The second kappa shape index (κ2) is 7.21. The van der Waals surface area contributed by atoms with E-state index in [9.17, 15) is 4.79 Å². The fraction of sp³-hybridized carbons (Fsp3) is 0.300. The molecular formula is C20H21ClN4O2. The van der Waals surface area contributed by atoms with Gasteiger partial charge in [0.2, 0.25) is 0 Å². The summed E-state index contributed by atoms with van der Waals surface area (Å²) in [5.74, 6) is 0.710. The first-order valence-corrected chi connectivity index (χ1v) is 9.26. The lowest BCUT2D eigenvalue weighted by Gasteiger charge is -2.27. The van der Waals surface area contributed by atoms with Crippen molar-refractivity contribution in [1.82, 2.24) is 14.5 Å². The lowest BCUT2D eigenvalue weighted by molar-refractivity contribution is 0.0303. The number of aryl methyl sites for hydroxylation is 2. The number of anilines is 2. The van der Waals surface area contributed by atoms with Crippen molar-refractivity contribution in [1.29, 1.82) is 0 Å². The second-order valence-corrected chi connectivity index (χ2v) is 7.13. The summed E-state index contributed by atoms with van der Waals surface area (Å²) in [6.07, 6.45) is 3.61. The minimum absolute atomic E-state index is 0.00757. The molecule has 3 heterocycles. The number of carbonyl (C=O) groups is 1. The number of hydrogen-bond donors (Lipinski definition) is 1. The second-order valence-electron chi connectivity index (χ2n) is 6.70. The minimum atomic E-state index is -0.00757. The number of carbonyl (C=O) groups excluding carboxylic acids is 1. The number of nitrogens with zero attached hydrogens (tertiary/aromatic N) is 3. The smallest absolute Gasteiger partial charge is 0.257 e. The van der Waals surface area contributed by atoms with Gasteiger partial charge in [0.25, 0.3) is 5.91 Å². The van der Waals surface area contributed by atoms with Crippen LogP contribution < -0.4 is 5.32 Å². The van der Waals surface area contributed by atoms with Gasteiger partial charge in [0.1, 0.15) is 5.82 Å². The molecule has 27 heavy (non-hydrogen) atoms. The van der Waals surface area contributed by atoms with Crippen LogP contribution in [0.3, 0.4) is 0 Å². The molecule has 0 unspecified atom stereocenters. The topological polar surface area (TPSA) is 59.4 Å². The summed E-state index contributed by atoms with van der Waals surface area (Å²) in [5, 5.41) is 4.98. The summed E-state index contributed by atoms with van der Waals surface area (Å²) in [6.45, 7) is 4.35. The van der Waals surface area contributed by atoms with Gasteiger partial charge in [0, 0.05) is 48.6 Å². The van der Waals surface area contributed by atoms with Gasteiger partial charge >= 0.3 is 0 Å².